The number of nitrogens with zero attached hydrogens (tertiary/aromatic N) is 2. The Kier molecular flexibility index (Phi) is 5.12. The van der Waals surface area contributed by atoms with Crippen molar-refractivity contribution in [2.75, 3.05) is 13.1 Å². The largest absolute Gasteiger partial charge is 0.477 e. The maximum atomic E-state index is 12.8. The van der Waals surface area contributed by atoms with Gasteiger partial charge in [0.1, 0.15) is 11.4 Å². The smallest absolute Gasteiger partial charge is 0.342 e. The van der Waals surface area contributed by atoms with Crippen molar-refractivity contribution in [1.29, 1.82) is 0 Å². The molecule has 1 atom stereocenters. The summed E-state index contributed by atoms with van der Waals surface area (Å²) in [5, 5.41) is 9.35. The number of hydrogen-bond acceptors (Lipinski definition) is 5. The summed E-state index contributed by atoms with van der Waals surface area (Å²) in [5.41, 5.74) is -1.20. The fourth-order valence-corrected chi connectivity index (χ4v) is 4.56. The van der Waals surface area contributed by atoms with Crippen molar-refractivity contribution in [3.05, 3.63) is 57.2 Å². The van der Waals surface area contributed by atoms with Crippen molar-refractivity contribution in [2.24, 2.45) is 0 Å². The Hall–Kier alpha value is -2.23. The molecule has 8 nitrogen and oxygen atoms in total. The Balaban J connectivity index is 1.85. The van der Waals surface area contributed by atoms with Crippen LogP contribution in [0.4, 0.5) is 0 Å². The molecule has 0 amide bonds. The van der Waals surface area contributed by atoms with Crippen LogP contribution in [0.25, 0.3) is 0 Å². The van der Waals surface area contributed by atoms with Crippen molar-refractivity contribution in [2.45, 2.75) is 23.7 Å². The summed E-state index contributed by atoms with van der Waals surface area (Å²) in [6.45, 7) is 0.513. The lowest BCUT2D eigenvalue weighted by Gasteiger charge is -2.31. The molecule has 2 N–H and O–H groups in total. The van der Waals surface area contributed by atoms with Gasteiger partial charge in [-0.3, -0.25) is 4.79 Å². The Labute approximate surface area is 154 Å². The molecule has 0 bridgehead atoms. The number of sulfonamides is 1. The summed E-state index contributed by atoms with van der Waals surface area (Å²) in [4.78, 5) is 29.4. The average Bonchev–Trinajstić information content (AvgIpc) is 2.62. The first-order valence-electron chi connectivity index (χ1n) is 7.87. The molecule has 26 heavy (non-hydrogen) atoms. The number of benzene rings is 1. The Morgan fingerprint density at radius 1 is 1.31 bits per heavy atom. The number of carboxylic acid groups (broad SMARTS) is 1. The molecule has 10 heteroatoms. The zero-order valence-corrected chi connectivity index (χ0v) is 15.1. The van der Waals surface area contributed by atoms with Crippen molar-refractivity contribution in [3.63, 3.8) is 0 Å². The van der Waals surface area contributed by atoms with Crippen LogP contribution in [-0.4, -0.2) is 46.9 Å². The molecule has 0 aliphatic carbocycles. The lowest BCUT2D eigenvalue weighted by Crippen LogP contribution is -2.40. The normalized spacial score (nSPS) is 18.6. The third-order valence-corrected chi connectivity index (χ3v) is 6.40. The van der Waals surface area contributed by atoms with E-state index in [0.29, 0.717) is 24.4 Å². The second-order valence-corrected chi connectivity index (χ2v) is 8.35. The summed E-state index contributed by atoms with van der Waals surface area (Å²) < 4.78 is 26.9. The molecular formula is C16H16ClN3O5S. The van der Waals surface area contributed by atoms with E-state index in [1.54, 1.807) is 0 Å². The predicted octanol–water partition coefficient (Wildman–Crippen LogP) is 1.69. The van der Waals surface area contributed by atoms with E-state index in [0.717, 1.165) is 6.20 Å². The van der Waals surface area contributed by atoms with Crippen LogP contribution in [-0.2, 0) is 10.0 Å². The lowest BCUT2D eigenvalue weighted by molar-refractivity contribution is 0.0694. The highest BCUT2D eigenvalue weighted by Gasteiger charge is 2.32. The third-order valence-electron chi connectivity index (χ3n) is 4.27. The van der Waals surface area contributed by atoms with Crippen molar-refractivity contribution >= 4 is 27.6 Å². The maximum Gasteiger partial charge on any atom is 0.342 e. The van der Waals surface area contributed by atoms with Gasteiger partial charge in [0.15, 0.2) is 0 Å². The maximum absolute atomic E-state index is 12.8. The van der Waals surface area contributed by atoms with Gasteiger partial charge in [-0.1, -0.05) is 11.6 Å². The van der Waals surface area contributed by atoms with Crippen LogP contribution in [0.2, 0.25) is 5.02 Å². The molecule has 1 saturated heterocycles. The van der Waals surface area contributed by atoms with Gasteiger partial charge in [-0.05, 0) is 37.1 Å². The standard InChI is InChI=1S/C16H16ClN3O5S/c17-11-3-5-12(6-4-11)26(24,25)20-7-1-2-10(9-20)14-18-8-13(16(22)23)15(21)19-14/h3-6,8,10H,1-2,7,9H2,(H,22,23)(H,18,19,21)/t10-/m0/s1. The molecule has 2 heterocycles. The van der Waals surface area contributed by atoms with E-state index >= 15 is 0 Å². The van der Waals surface area contributed by atoms with Crippen LogP contribution in [0.3, 0.4) is 0 Å². The quantitative estimate of drug-likeness (QED) is 0.809. The molecular weight excluding hydrogens is 382 g/mol. The first-order chi connectivity index (χ1) is 12.3. The lowest BCUT2D eigenvalue weighted by atomic mass is 9.99. The molecule has 0 saturated carbocycles. The second-order valence-electron chi connectivity index (χ2n) is 5.97. The zero-order valence-electron chi connectivity index (χ0n) is 13.6. The first-order valence-corrected chi connectivity index (χ1v) is 9.69. The summed E-state index contributed by atoms with van der Waals surface area (Å²) in [6.07, 6.45) is 2.24. The molecule has 0 radical (unpaired) electrons. The number of aromatic amines is 1. The highest BCUT2D eigenvalue weighted by molar-refractivity contribution is 7.89. The van der Waals surface area contributed by atoms with Gasteiger partial charge in [0.05, 0.1) is 4.90 Å². The Bertz CT molecular complexity index is 988. The highest BCUT2D eigenvalue weighted by Crippen LogP contribution is 2.28. The highest BCUT2D eigenvalue weighted by atomic mass is 35.5. The van der Waals surface area contributed by atoms with Crippen LogP contribution in [0.5, 0.6) is 0 Å². The number of carbonyl (C=O) groups is 1. The van der Waals surface area contributed by atoms with Gasteiger partial charge >= 0.3 is 5.97 Å². The monoisotopic (exact) mass is 397 g/mol. The molecule has 1 aliphatic heterocycles. The minimum Gasteiger partial charge on any atom is -0.477 e. The molecule has 2 aromatic rings. The second kappa shape index (κ2) is 7.18. The van der Waals surface area contributed by atoms with E-state index in [1.165, 1.54) is 28.6 Å². The number of halogens is 1. The van der Waals surface area contributed by atoms with Gasteiger partial charge in [0.2, 0.25) is 10.0 Å². The zero-order chi connectivity index (χ0) is 18.9. The number of H-pyrrole nitrogens is 1. The molecule has 1 fully saturated rings. The number of piperidine rings is 1. The summed E-state index contributed by atoms with van der Waals surface area (Å²) >= 11 is 5.81. The molecule has 1 aromatic carbocycles. The molecule has 3 rings (SSSR count). The van der Waals surface area contributed by atoms with E-state index in [9.17, 15) is 18.0 Å². The first kappa shape index (κ1) is 18.6. The van der Waals surface area contributed by atoms with Gasteiger partial charge in [0.25, 0.3) is 5.56 Å². The van der Waals surface area contributed by atoms with Crippen LogP contribution < -0.4 is 5.56 Å². The topological polar surface area (TPSA) is 120 Å². The van der Waals surface area contributed by atoms with E-state index in [4.69, 9.17) is 16.7 Å². The fourth-order valence-electron chi connectivity index (χ4n) is 2.91. The van der Waals surface area contributed by atoms with E-state index in [1.807, 2.05) is 0 Å². The van der Waals surface area contributed by atoms with E-state index in [2.05, 4.69) is 9.97 Å². The minimum atomic E-state index is -3.69. The van der Waals surface area contributed by atoms with E-state index in [-0.39, 0.29) is 23.2 Å². The summed E-state index contributed by atoms with van der Waals surface area (Å²) in [6, 6.07) is 5.92. The average molecular weight is 398 g/mol. The Morgan fingerprint density at radius 2 is 2.00 bits per heavy atom. The van der Waals surface area contributed by atoms with Crippen LogP contribution in [0.1, 0.15) is 34.9 Å². The number of hydrogen-bond donors (Lipinski definition) is 2. The van der Waals surface area contributed by atoms with Crippen molar-refractivity contribution in [3.8, 4) is 0 Å². The van der Waals surface area contributed by atoms with E-state index < -0.39 is 27.1 Å². The number of aromatic nitrogens is 2. The third kappa shape index (κ3) is 3.64. The summed E-state index contributed by atoms with van der Waals surface area (Å²) in [7, 11) is -3.69. The van der Waals surface area contributed by atoms with Gasteiger partial charge in [-0.2, -0.15) is 4.31 Å². The minimum absolute atomic E-state index is 0.144. The van der Waals surface area contributed by atoms with Gasteiger partial charge in [-0.15, -0.1) is 0 Å². The number of rotatable bonds is 4. The number of carboxylic acids is 1. The predicted molar refractivity (Wildman–Crippen MR) is 94.0 cm³/mol. The van der Waals surface area contributed by atoms with Gasteiger partial charge < -0.3 is 10.1 Å². The molecule has 0 spiro atoms. The SMILES string of the molecule is O=C(O)c1cnc([C@H]2CCCN(S(=O)(=O)c3ccc(Cl)cc3)C2)[nH]c1=O. The van der Waals surface area contributed by atoms with Crippen LogP contribution in [0, 0.1) is 0 Å². The van der Waals surface area contributed by atoms with Gasteiger partial charge in [-0.25, -0.2) is 18.2 Å². The van der Waals surface area contributed by atoms with Crippen molar-refractivity contribution < 1.29 is 18.3 Å². The Morgan fingerprint density at radius 3 is 2.62 bits per heavy atom. The molecule has 138 valence electrons. The fraction of sp³-hybridized carbons (Fsp3) is 0.312. The molecule has 1 aromatic heterocycles. The number of aromatic carboxylic acids is 1. The number of nitrogens with one attached hydrogen (secondary N) is 1. The van der Waals surface area contributed by atoms with Crippen molar-refractivity contribution in [1.82, 2.24) is 14.3 Å². The molecule has 1 aliphatic rings. The van der Waals surface area contributed by atoms with Crippen LogP contribution >= 0.6 is 11.6 Å². The molecule has 0 unspecified atom stereocenters. The van der Waals surface area contributed by atoms with Crippen LogP contribution in [0.15, 0.2) is 40.2 Å². The van der Waals surface area contributed by atoms with Gasteiger partial charge in [0, 0.05) is 30.2 Å². The summed E-state index contributed by atoms with van der Waals surface area (Å²) in [5.74, 6) is -1.39.